The molecule has 1 aliphatic rings. The van der Waals surface area contributed by atoms with E-state index in [0.717, 1.165) is 23.3 Å². The largest absolute Gasteiger partial charge is 0.399 e. The van der Waals surface area contributed by atoms with Crippen LogP contribution in [0.25, 0.3) is 0 Å². The fraction of sp³-hybridized carbons (Fsp3) is 0.571. The Labute approximate surface area is 123 Å². The highest BCUT2D eigenvalue weighted by atomic mass is 32.2. The zero-order chi connectivity index (χ0) is 14.9. The molecule has 2 rings (SSSR count). The van der Waals surface area contributed by atoms with E-state index in [4.69, 9.17) is 5.73 Å². The van der Waals surface area contributed by atoms with Gasteiger partial charge in [0.25, 0.3) is 0 Å². The molecule has 1 aromatic carbocycles. The third kappa shape index (κ3) is 3.41. The Hall–Kier alpha value is -0.880. The van der Waals surface area contributed by atoms with E-state index in [1.165, 1.54) is 6.26 Å². The smallest absolute Gasteiger partial charge is 0.150 e. The van der Waals surface area contributed by atoms with Gasteiger partial charge in [-0.15, -0.1) is 0 Å². The third-order valence-corrected chi connectivity index (χ3v) is 7.47. The molecule has 1 aliphatic carbocycles. The first-order valence-corrected chi connectivity index (χ1v) is 9.91. The minimum absolute atomic E-state index is 0.0780. The highest BCUT2D eigenvalue weighted by molar-refractivity contribution is 7.91. The van der Waals surface area contributed by atoms with Crippen LogP contribution >= 0.6 is 0 Å². The van der Waals surface area contributed by atoms with Crippen LogP contribution in [-0.2, 0) is 20.6 Å². The maximum Gasteiger partial charge on any atom is 0.150 e. The van der Waals surface area contributed by atoms with Crippen molar-refractivity contribution in [2.75, 3.05) is 12.0 Å². The van der Waals surface area contributed by atoms with E-state index in [1.54, 1.807) is 12.1 Å². The monoisotopic (exact) mass is 315 g/mol. The summed E-state index contributed by atoms with van der Waals surface area (Å²) in [7, 11) is -4.21. The van der Waals surface area contributed by atoms with Crippen molar-refractivity contribution in [2.24, 2.45) is 0 Å². The Morgan fingerprint density at radius 2 is 2.00 bits per heavy atom. The molecule has 3 atom stereocenters. The predicted molar refractivity (Wildman–Crippen MR) is 82.9 cm³/mol. The van der Waals surface area contributed by atoms with Crippen LogP contribution in [0.15, 0.2) is 23.1 Å². The van der Waals surface area contributed by atoms with Crippen LogP contribution in [0.4, 0.5) is 5.69 Å². The number of hydrogen-bond acceptors (Lipinski definition) is 4. The maximum atomic E-state index is 12.7. The Kier molecular flexibility index (Phi) is 4.54. The Morgan fingerprint density at radius 3 is 2.60 bits per heavy atom. The first-order chi connectivity index (χ1) is 9.29. The summed E-state index contributed by atoms with van der Waals surface area (Å²) >= 11 is 0. The minimum atomic E-state index is -3.05. The quantitative estimate of drug-likeness (QED) is 0.866. The number of nitrogen functional groups attached to an aromatic ring is 1. The maximum absolute atomic E-state index is 12.7. The fourth-order valence-electron chi connectivity index (χ4n) is 2.76. The van der Waals surface area contributed by atoms with Gasteiger partial charge < -0.3 is 5.73 Å². The normalized spacial score (nSPS) is 25.3. The molecule has 0 amide bonds. The number of anilines is 1. The van der Waals surface area contributed by atoms with E-state index >= 15 is 0 Å². The number of rotatable bonds is 3. The average molecular weight is 315 g/mol. The zero-order valence-corrected chi connectivity index (χ0v) is 13.5. The van der Waals surface area contributed by atoms with Crippen molar-refractivity contribution in [3.63, 3.8) is 0 Å². The SMILES string of the molecule is Cc1cc(N)ccc1S(=O)C1CCCC(S(C)(=O)=O)C1. The molecule has 0 radical (unpaired) electrons. The van der Waals surface area contributed by atoms with Gasteiger partial charge in [0.2, 0.25) is 0 Å². The lowest BCUT2D eigenvalue weighted by molar-refractivity contribution is 0.487. The minimum Gasteiger partial charge on any atom is -0.399 e. The van der Waals surface area contributed by atoms with Crippen molar-refractivity contribution in [1.82, 2.24) is 0 Å². The standard InChI is InChI=1S/C14H21NO3S2/c1-10-8-11(15)6-7-14(10)19(16)12-4-3-5-13(9-12)20(2,17)18/h6-8,12-13H,3-5,9,15H2,1-2H3. The van der Waals surface area contributed by atoms with Crippen LogP contribution in [-0.4, -0.2) is 29.4 Å². The number of hydrogen-bond donors (Lipinski definition) is 1. The van der Waals surface area contributed by atoms with E-state index in [9.17, 15) is 12.6 Å². The van der Waals surface area contributed by atoms with Gasteiger partial charge in [-0.1, -0.05) is 6.42 Å². The summed E-state index contributed by atoms with van der Waals surface area (Å²) in [4.78, 5) is 0.776. The molecular weight excluding hydrogens is 294 g/mol. The van der Waals surface area contributed by atoms with E-state index in [-0.39, 0.29) is 10.5 Å². The fourth-order valence-corrected chi connectivity index (χ4v) is 5.79. The molecule has 112 valence electrons. The van der Waals surface area contributed by atoms with E-state index in [1.807, 2.05) is 13.0 Å². The van der Waals surface area contributed by atoms with Crippen molar-refractivity contribution in [3.05, 3.63) is 23.8 Å². The third-order valence-electron chi connectivity index (χ3n) is 3.90. The summed E-state index contributed by atoms with van der Waals surface area (Å²) in [5.41, 5.74) is 7.27. The van der Waals surface area contributed by atoms with Gasteiger partial charge in [0, 0.05) is 22.1 Å². The van der Waals surface area contributed by atoms with Crippen molar-refractivity contribution in [3.8, 4) is 0 Å². The van der Waals surface area contributed by atoms with Gasteiger partial charge >= 0.3 is 0 Å². The summed E-state index contributed by atoms with van der Waals surface area (Å²) in [6, 6.07) is 5.35. The molecule has 20 heavy (non-hydrogen) atoms. The highest BCUT2D eigenvalue weighted by Crippen LogP contribution is 2.30. The first kappa shape index (κ1) is 15.5. The summed E-state index contributed by atoms with van der Waals surface area (Å²) in [5, 5.41) is -0.426. The molecule has 0 spiro atoms. The van der Waals surface area contributed by atoms with Crippen molar-refractivity contribution in [1.29, 1.82) is 0 Å². The summed E-state index contributed by atoms with van der Waals surface area (Å²) in [5.74, 6) is 0. The zero-order valence-electron chi connectivity index (χ0n) is 11.8. The van der Waals surface area contributed by atoms with Gasteiger partial charge in [0.1, 0.15) is 9.84 Å². The molecule has 1 aromatic rings. The number of benzene rings is 1. The second kappa shape index (κ2) is 5.85. The predicted octanol–water partition coefficient (Wildman–Crippen LogP) is 2.04. The summed E-state index contributed by atoms with van der Waals surface area (Å²) < 4.78 is 36.1. The number of aryl methyl sites for hydroxylation is 1. The molecule has 0 bridgehead atoms. The van der Waals surface area contributed by atoms with Crippen LogP contribution < -0.4 is 5.73 Å². The Balaban J connectivity index is 2.21. The van der Waals surface area contributed by atoms with Crippen LogP contribution in [0.5, 0.6) is 0 Å². The van der Waals surface area contributed by atoms with Crippen LogP contribution in [0, 0.1) is 6.92 Å². The Morgan fingerprint density at radius 1 is 1.30 bits per heavy atom. The lowest BCUT2D eigenvalue weighted by Gasteiger charge is -2.27. The summed E-state index contributed by atoms with van der Waals surface area (Å²) in [6.45, 7) is 1.89. The molecule has 6 heteroatoms. The van der Waals surface area contributed by atoms with Gasteiger partial charge in [-0.3, -0.25) is 4.21 Å². The van der Waals surface area contributed by atoms with Crippen LogP contribution in [0.3, 0.4) is 0 Å². The van der Waals surface area contributed by atoms with Gasteiger partial charge in [-0.2, -0.15) is 0 Å². The first-order valence-electron chi connectivity index (χ1n) is 6.74. The van der Waals surface area contributed by atoms with Gasteiger partial charge in [-0.25, -0.2) is 8.42 Å². The highest BCUT2D eigenvalue weighted by Gasteiger charge is 2.32. The lowest BCUT2D eigenvalue weighted by Crippen LogP contribution is -2.32. The van der Waals surface area contributed by atoms with E-state index in [0.29, 0.717) is 18.5 Å². The molecule has 3 unspecified atom stereocenters. The van der Waals surface area contributed by atoms with Crippen molar-refractivity contribution >= 4 is 26.3 Å². The topological polar surface area (TPSA) is 77.2 Å². The van der Waals surface area contributed by atoms with E-state index in [2.05, 4.69) is 0 Å². The van der Waals surface area contributed by atoms with Gasteiger partial charge in [-0.05, 0) is 49.9 Å². The second-order valence-corrected chi connectivity index (χ2v) is 9.59. The molecule has 1 saturated carbocycles. The number of sulfone groups is 1. The molecule has 1 fully saturated rings. The van der Waals surface area contributed by atoms with Crippen LogP contribution in [0.2, 0.25) is 0 Å². The average Bonchev–Trinajstić information content (AvgIpc) is 2.37. The molecule has 4 nitrogen and oxygen atoms in total. The number of nitrogens with two attached hydrogens (primary N) is 1. The molecule has 2 N–H and O–H groups in total. The molecule has 0 heterocycles. The molecule has 0 saturated heterocycles. The van der Waals surface area contributed by atoms with Crippen molar-refractivity contribution < 1.29 is 12.6 Å². The van der Waals surface area contributed by atoms with Crippen LogP contribution in [0.1, 0.15) is 31.2 Å². The lowest BCUT2D eigenvalue weighted by atomic mass is 10.00. The van der Waals surface area contributed by atoms with Gasteiger partial charge in [0.15, 0.2) is 0 Å². The molecular formula is C14H21NO3S2. The van der Waals surface area contributed by atoms with Gasteiger partial charge in [0.05, 0.1) is 16.0 Å². The molecule has 0 aromatic heterocycles. The second-order valence-electron chi connectivity index (χ2n) is 5.56. The van der Waals surface area contributed by atoms with Crippen molar-refractivity contribution in [2.45, 2.75) is 48.0 Å². The molecule has 0 aliphatic heterocycles. The Bertz CT molecular complexity index is 625. The van der Waals surface area contributed by atoms with E-state index < -0.39 is 20.6 Å². The summed E-state index contributed by atoms with van der Waals surface area (Å²) in [6.07, 6.45) is 4.10.